The first-order valence-corrected chi connectivity index (χ1v) is 6.64. The van der Waals surface area contributed by atoms with E-state index in [0.29, 0.717) is 13.2 Å². The first-order chi connectivity index (χ1) is 8.70. The summed E-state index contributed by atoms with van der Waals surface area (Å²) in [7, 11) is 1.93. The van der Waals surface area contributed by atoms with Crippen LogP contribution in [-0.2, 0) is 9.53 Å². The highest BCUT2D eigenvalue weighted by Crippen LogP contribution is 2.18. The van der Waals surface area contributed by atoms with Crippen molar-refractivity contribution in [2.75, 3.05) is 32.1 Å². The number of carbonyl (C=O) groups is 1. The quantitative estimate of drug-likeness (QED) is 0.797. The van der Waals surface area contributed by atoms with E-state index in [4.69, 9.17) is 9.88 Å². The van der Waals surface area contributed by atoms with E-state index < -0.39 is 0 Å². The molecule has 1 aliphatic heterocycles. The average molecular weight is 267 g/mol. The lowest BCUT2D eigenvalue weighted by molar-refractivity contribution is -0.126. The van der Waals surface area contributed by atoms with E-state index in [1.807, 2.05) is 36.2 Å². The molecule has 6 heteroatoms. The lowest BCUT2D eigenvalue weighted by atomic mass is 10.2. The lowest BCUT2D eigenvalue weighted by Crippen LogP contribution is -2.49. The van der Waals surface area contributed by atoms with Crippen LogP contribution in [0.15, 0.2) is 29.2 Å². The highest BCUT2D eigenvalue weighted by atomic mass is 32.2. The number of anilines is 1. The SMILES string of the molecule is CN1CCOCC1C(=O)Nc1cccc(SN)c1. The van der Waals surface area contributed by atoms with E-state index in [1.54, 1.807) is 0 Å². The van der Waals surface area contributed by atoms with Crippen molar-refractivity contribution in [1.29, 1.82) is 0 Å². The molecule has 1 amide bonds. The van der Waals surface area contributed by atoms with Gasteiger partial charge in [-0.15, -0.1) is 0 Å². The van der Waals surface area contributed by atoms with Crippen LogP contribution in [0.5, 0.6) is 0 Å². The number of rotatable bonds is 3. The fourth-order valence-corrected chi connectivity index (χ4v) is 2.19. The van der Waals surface area contributed by atoms with Gasteiger partial charge in [0.25, 0.3) is 0 Å². The number of amides is 1. The van der Waals surface area contributed by atoms with E-state index in [2.05, 4.69) is 5.32 Å². The van der Waals surface area contributed by atoms with Gasteiger partial charge in [0.1, 0.15) is 6.04 Å². The molecule has 98 valence electrons. The fourth-order valence-electron chi connectivity index (χ4n) is 1.84. The molecular formula is C12H17N3O2S. The minimum Gasteiger partial charge on any atom is -0.378 e. The van der Waals surface area contributed by atoms with E-state index in [9.17, 15) is 4.79 Å². The van der Waals surface area contributed by atoms with Crippen molar-refractivity contribution in [3.8, 4) is 0 Å². The summed E-state index contributed by atoms with van der Waals surface area (Å²) >= 11 is 1.16. The van der Waals surface area contributed by atoms with Crippen LogP contribution in [0.1, 0.15) is 0 Å². The highest BCUT2D eigenvalue weighted by Gasteiger charge is 2.26. The second kappa shape index (κ2) is 6.19. The normalized spacial score (nSPS) is 20.7. The molecule has 2 rings (SSSR count). The van der Waals surface area contributed by atoms with Gasteiger partial charge in [-0.05, 0) is 37.2 Å². The Hall–Kier alpha value is -1.08. The Kier molecular flexibility index (Phi) is 4.60. The molecule has 0 aliphatic carbocycles. The number of likely N-dealkylation sites (N-methyl/N-ethyl adjacent to an activating group) is 1. The number of nitrogens with two attached hydrogens (primary N) is 1. The van der Waals surface area contributed by atoms with Crippen LogP contribution in [0.2, 0.25) is 0 Å². The number of hydrogen-bond donors (Lipinski definition) is 2. The summed E-state index contributed by atoms with van der Waals surface area (Å²) in [6, 6.07) is 7.24. The smallest absolute Gasteiger partial charge is 0.244 e. The Morgan fingerprint density at radius 3 is 3.17 bits per heavy atom. The van der Waals surface area contributed by atoms with Gasteiger partial charge in [0.2, 0.25) is 5.91 Å². The van der Waals surface area contributed by atoms with Gasteiger partial charge in [0.05, 0.1) is 13.2 Å². The van der Waals surface area contributed by atoms with Crippen molar-refractivity contribution in [2.24, 2.45) is 5.14 Å². The van der Waals surface area contributed by atoms with Gasteiger partial charge in [-0.2, -0.15) is 0 Å². The Morgan fingerprint density at radius 1 is 1.61 bits per heavy atom. The molecule has 1 atom stereocenters. The first kappa shape index (κ1) is 13.4. The molecule has 0 spiro atoms. The van der Waals surface area contributed by atoms with Crippen LogP contribution >= 0.6 is 11.9 Å². The van der Waals surface area contributed by atoms with Crippen molar-refractivity contribution in [3.63, 3.8) is 0 Å². The lowest BCUT2D eigenvalue weighted by Gasteiger charge is -2.31. The number of ether oxygens (including phenoxy) is 1. The van der Waals surface area contributed by atoms with Gasteiger partial charge >= 0.3 is 0 Å². The largest absolute Gasteiger partial charge is 0.378 e. The van der Waals surface area contributed by atoms with Crippen LogP contribution in [0, 0.1) is 0 Å². The monoisotopic (exact) mass is 267 g/mol. The Balaban J connectivity index is 2.01. The molecule has 1 saturated heterocycles. The van der Waals surface area contributed by atoms with Crippen LogP contribution in [0.25, 0.3) is 0 Å². The second-order valence-electron chi connectivity index (χ2n) is 4.21. The number of hydrogen-bond acceptors (Lipinski definition) is 5. The Labute approximate surface area is 111 Å². The third kappa shape index (κ3) is 3.23. The third-order valence-corrected chi connectivity index (χ3v) is 3.46. The maximum absolute atomic E-state index is 12.1. The molecule has 1 heterocycles. The molecular weight excluding hydrogens is 250 g/mol. The molecule has 0 aromatic heterocycles. The average Bonchev–Trinajstić information content (AvgIpc) is 2.39. The molecule has 0 bridgehead atoms. The van der Waals surface area contributed by atoms with Gasteiger partial charge in [0, 0.05) is 17.1 Å². The maximum atomic E-state index is 12.1. The van der Waals surface area contributed by atoms with Crippen molar-refractivity contribution in [3.05, 3.63) is 24.3 Å². The topological polar surface area (TPSA) is 67.6 Å². The molecule has 0 saturated carbocycles. The van der Waals surface area contributed by atoms with Crippen molar-refractivity contribution >= 4 is 23.5 Å². The summed E-state index contributed by atoms with van der Waals surface area (Å²) in [5.41, 5.74) is 0.759. The standard InChI is InChI=1S/C12H17N3O2S/c1-15-5-6-17-8-11(15)12(16)14-9-3-2-4-10(7-9)18-13/h2-4,7,11H,5-6,8,13H2,1H3,(H,14,16). The van der Waals surface area contributed by atoms with Gasteiger partial charge in [-0.1, -0.05) is 6.07 Å². The number of benzene rings is 1. The fraction of sp³-hybridized carbons (Fsp3) is 0.417. The summed E-state index contributed by atoms with van der Waals surface area (Å²) in [6.45, 7) is 1.89. The van der Waals surface area contributed by atoms with Crippen LogP contribution in [0.3, 0.4) is 0 Å². The van der Waals surface area contributed by atoms with Crippen molar-refractivity contribution < 1.29 is 9.53 Å². The number of morpholine rings is 1. The molecule has 5 nitrogen and oxygen atoms in total. The Morgan fingerprint density at radius 2 is 2.44 bits per heavy atom. The minimum atomic E-state index is -0.229. The van der Waals surface area contributed by atoms with E-state index in [-0.39, 0.29) is 11.9 Å². The zero-order chi connectivity index (χ0) is 13.0. The van der Waals surface area contributed by atoms with E-state index in [1.165, 1.54) is 0 Å². The summed E-state index contributed by atoms with van der Waals surface area (Å²) in [4.78, 5) is 15.0. The zero-order valence-corrected chi connectivity index (χ0v) is 11.1. The molecule has 1 aromatic carbocycles. The first-order valence-electron chi connectivity index (χ1n) is 5.76. The summed E-state index contributed by atoms with van der Waals surface area (Å²) in [5, 5.41) is 8.38. The highest BCUT2D eigenvalue weighted by molar-refractivity contribution is 7.97. The van der Waals surface area contributed by atoms with E-state index in [0.717, 1.165) is 29.1 Å². The van der Waals surface area contributed by atoms with Crippen LogP contribution in [-0.4, -0.2) is 43.7 Å². The molecule has 3 N–H and O–H groups in total. The second-order valence-corrected chi connectivity index (χ2v) is 4.91. The third-order valence-electron chi connectivity index (χ3n) is 2.94. The van der Waals surface area contributed by atoms with Crippen molar-refractivity contribution in [2.45, 2.75) is 10.9 Å². The predicted octanol–water partition coefficient (Wildman–Crippen LogP) is 0.921. The molecule has 1 unspecified atom stereocenters. The maximum Gasteiger partial charge on any atom is 0.244 e. The van der Waals surface area contributed by atoms with Crippen LogP contribution in [0.4, 0.5) is 5.69 Å². The molecule has 0 radical (unpaired) electrons. The van der Waals surface area contributed by atoms with Gasteiger partial charge < -0.3 is 10.1 Å². The number of carbonyl (C=O) groups excluding carboxylic acids is 1. The van der Waals surface area contributed by atoms with Gasteiger partial charge in [-0.3, -0.25) is 14.8 Å². The molecule has 18 heavy (non-hydrogen) atoms. The summed E-state index contributed by atoms with van der Waals surface area (Å²) in [6.07, 6.45) is 0. The van der Waals surface area contributed by atoms with Crippen LogP contribution < -0.4 is 10.5 Å². The molecule has 1 aliphatic rings. The number of nitrogens with one attached hydrogen (secondary N) is 1. The van der Waals surface area contributed by atoms with E-state index >= 15 is 0 Å². The zero-order valence-electron chi connectivity index (χ0n) is 10.3. The van der Waals surface area contributed by atoms with Gasteiger partial charge in [-0.25, -0.2) is 0 Å². The number of nitrogens with zero attached hydrogens (tertiary/aromatic N) is 1. The predicted molar refractivity (Wildman–Crippen MR) is 72.4 cm³/mol. The minimum absolute atomic E-state index is 0.0450. The van der Waals surface area contributed by atoms with Crippen molar-refractivity contribution in [1.82, 2.24) is 4.90 Å². The summed E-state index contributed by atoms with van der Waals surface area (Å²) < 4.78 is 5.33. The summed E-state index contributed by atoms with van der Waals surface area (Å²) in [5.74, 6) is -0.0450. The molecule has 1 aromatic rings. The molecule has 1 fully saturated rings. The van der Waals surface area contributed by atoms with Gasteiger partial charge in [0.15, 0.2) is 0 Å². The Bertz CT molecular complexity index is 428.